The Balaban J connectivity index is 0. The summed E-state index contributed by atoms with van der Waals surface area (Å²) in [5, 5.41) is 30.5. The second-order valence-electron chi connectivity index (χ2n) is 22.9. The number of nitrogens with one attached hydrogen (secondary N) is 1. The first-order valence-electron chi connectivity index (χ1n) is 25.0. The molecule has 6 fully saturated rings. The molecule has 6 aliphatic rings. The van der Waals surface area contributed by atoms with E-state index in [-0.39, 0.29) is 60.9 Å². The Bertz CT molecular complexity index is 1310. The lowest BCUT2D eigenvalue weighted by atomic mass is 9.75. The average molecular weight is 997 g/mol. The van der Waals surface area contributed by atoms with E-state index < -0.39 is 25.1 Å². The van der Waals surface area contributed by atoms with Gasteiger partial charge in [-0.25, -0.2) is 9.59 Å². The highest BCUT2D eigenvalue weighted by atomic mass is 35.5. The van der Waals surface area contributed by atoms with Crippen LogP contribution in [0.5, 0.6) is 0 Å². The van der Waals surface area contributed by atoms with E-state index >= 15 is 0 Å². The van der Waals surface area contributed by atoms with E-state index in [1.807, 2.05) is 41.5 Å². The van der Waals surface area contributed by atoms with Gasteiger partial charge in [0.05, 0.1) is 29.3 Å². The van der Waals surface area contributed by atoms with E-state index in [1.165, 1.54) is 38.5 Å². The molecule has 2 saturated heterocycles. The molecule has 0 atom stereocenters. The molecule has 67 heavy (non-hydrogen) atoms. The Labute approximate surface area is 415 Å². The number of aliphatic imine (C=N–C) groups is 1. The van der Waals surface area contributed by atoms with E-state index in [0.717, 1.165) is 122 Å². The van der Waals surface area contributed by atoms with Gasteiger partial charge in [0.2, 0.25) is 6.08 Å². The Morgan fingerprint density at radius 2 is 1.22 bits per heavy atom. The van der Waals surface area contributed by atoms with Crippen LogP contribution in [0.3, 0.4) is 0 Å². The number of carbonyl (C=O) groups is 2. The SMILES string of the molecule is C.C1CCOC1.C1CCOC1.CC1(C(=O)O)CCC(OCOCC[Si](C)(C)C)CC1.CC1(N)CCC(O)CC1.CC1(NC(=O)OC(C)(C)C)CCC(O)CC1.CC1CCC(C)(N=C=O)CC1.Cl. The van der Waals surface area contributed by atoms with Crippen LogP contribution in [-0.4, -0.2) is 122 Å². The summed E-state index contributed by atoms with van der Waals surface area (Å²) in [6, 6.07) is 1.15. The van der Waals surface area contributed by atoms with Gasteiger partial charge in [-0.05, 0) is 189 Å². The molecule has 0 spiro atoms. The zero-order valence-corrected chi connectivity index (χ0v) is 45.3. The molecule has 4 aliphatic carbocycles. The maximum atomic E-state index is 11.6. The van der Waals surface area contributed by atoms with Gasteiger partial charge in [-0.2, -0.15) is 4.99 Å². The molecule has 0 bridgehead atoms. The summed E-state index contributed by atoms with van der Waals surface area (Å²) in [7, 11) is -1.02. The fraction of sp³-hybridized carbons (Fsp3) is 0.941. The van der Waals surface area contributed by atoms with Crippen molar-refractivity contribution in [2.45, 2.75) is 257 Å². The van der Waals surface area contributed by atoms with Crippen LogP contribution in [-0.2, 0) is 33.3 Å². The standard InChI is InChI=1S/C14H28O4Si.C12H23NO3.C9H15NO.C7H15NO.2C4H8O.CH4.ClH/c1-14(13(15)16)7-5-12(6-8-14)18-11-17-9-10-19(2,3)4;1-11(2,3)16-10(15)13-12(4)7-5-9(14)6-8-12;1-8-3-5-9(2,6-4-8)10-7-11;1-7(8)4-2-6(9)3-5-7;2*1-2-4-5-3-1;;/h12H,5-11H2,1-4H3,(H,15,16);9,14H,5-8H2,1-4H3,(H,13,15);8H,3-6H2,1-2H3;6,9H,2-5,8H2,1H3;2*1-4H2;1H4;1H. The number of nitrogens with zero attached hydrogens (tertiary/aromatic N) is 1. The third-order valence-corrected chi connectivity index (χ3v) is 14.9. The second kappa shape index (κ2) is 33.8. The Morgan fingerprint density at radius 3 is 1.58 bits per heavy atom. The van der Waals surface area contributed by atoms with Gasteiger partial charge in [-0.3, -0.25) is 4.79 Å². The number of hydrogen-bond donors (Lipinski definition) is 5. The number of carbonyl (C=O) groups excluding carboxylic acids is 2. The monoisotopic (exact) mass is 996 g/mol. The number of aliphatic hydroxyl groups excluding tert-OH is 2. The van der Waals surface area contributed by atoms with Gasteiger partial charge in [0.1, 0.15) is 12.4 Å². The van der Waals surface area contributed by atoms with Crippen molar-refractivity contribution in [3.63, 3.8) is 0 Å². The molecule has 16 heteroatoms. The molecular weight excluding hydrogens is 894 g/mol. The van der Waals surface area contributed by atoms with E-state index in [9.17, 15) is 19.5 Å². The predicted molar refractivity (Wildman–Crippen MR) is 276 cm³/mol. The maximum Gasteiger partial charge on any atom is 0.408 e. The first-order valence-corrected chi connectivity index (χ1v) is 28.7. The molecule has 2 aliphatic heterocycles. The normalized spacial score (nSPS) is 31.3. The van der Waals surface area contributed by atoms with Gasteiger partial charge in [-0.1, -0.05) is 34.0 Å². The van der Waals surface area contributed by atoms with Gasteiger partial charge in [-0.15, -0.1) is 12.4 Å². The Morgan fingerprint density at radius 1 is 0.776 bits per heavy atom. The number of hydrogen-bond acceptors (Lipinski definition) is 12. The van der Waals surface area contributed by atoms with Crippen LogP contribution in [0.25, 0.3) is 0 Å². The molecule has 1 amide bonds. The lowest BCUT2D eigenvalue weighted by Gasteiger charge is -2.36. The van der Waals surface area contributed by atoms with E-state index in [4.69, 9.17) is 39.6 Å². The molecule has 14 nitrogen and oxygen atoms in total. The van der Waals surface area contributed by atoms with Gasteiger partial charge in [0.25, 0.3) is 0 Å². The topological polar surface area (TPSA) is 208 Å². The molecule has 6 N–H and O–H groups in total. The van der Waals surface area contributed by atoms with Crippen LogP contribution >= 0.6 is 12.4 Å². The van der Waals surface area contributed by atoms with Crippen molar-refractivity contribution in [3.05, 3.63) is 0 Å². The van der Waals surface area contributed by atoms with E-state index in [1.54, 1.807) is 6.08 Å². The van der Waals surface area contributed by atoms with Gasteiger partial charge in [0.15, 0.2) is 0 Å². The maximum absolute atomic E-state index is 11.6. The van der Waals surface area contributed by atoms with Crippen molar-refractivity contribution in [1.29, 1.82) is 0 Å². The molecule has 0 aromatic carbocycles. The fourth-order valence-electron chi connectivity index (χ4n) is 7.99. The Hall–Kier alpha value is -1.65. The quantitative estimate of drug-likeness (QED) is 0.0481. The molecule has 0 aromatic heterocycles. The number of carboxylic acid groups (broad SMARTS) is 1. The number of isocyanates is 1. The summed E-state index contributed by atoms with van der Waals surface area (Å²) in [6.45, 7) is 27.8. The van der Waals surface area contributed by atoms with E-state index in [0.29, 0.717) is 19.6 Å². The molecule has 6 rings (SSSR count). The number of amides is 1. The number of nitrogens with two attached hydrogens (primary N) is 1. The van der Waals surface area contributed by atoms with Crippen molar-refractivity contribution < 1.29 is 53.4 Å². The fourth-order valence-corrected chi connectivity index (χ4v) is 8.75. The van der Waals surface area contributed by atoms with Crippen LogP contribution in [0, 0.1) is 11.3 Å². The zero-order chi connectivity index (χ0) is 49.2. The molecule has 0 radical (unpaired) electrons. The minimum Gasteiger partial charge on any atom is -0.481 e. The highest BCUT2D eigenvalue weighted by Crippen LogP contribution is 2.37. The molecule has 398 valence electrons. The Kier molecular flexibility index (Phi) is 34.1. The van der Waals surface area contributed by atoms with Crippen molar-refractivity contribution in [2.75, 3.05) is 39.8 Å². The van der Waals surface area contributed by atoms with Gasteiger partial charge >= 0.3 is 12.1 Å². The summed E-state index contributed by atoms with van der Waals surface area (Å²) in [5.41, 5.74) is 4.48. The number of aliphatic carboxylic acids is 1. The summed E-state index contributed by atoms with van der Waals surface area (Å²) in [5.74, 6) is 0.127. The van der Waals surface area contributed by atoms with Crippen LogP contribution in [0.15, 0.2) is 4.99 Å². The van der Waals surface area contributed by atoms with Gasteiger partial charge in [0, 0.05) is 52.2 Å². The summed E-state index contributed by atoms with van der Waals surface area (Å²) >= 11 is 0. The highest BCUT2D eigenvalue weighted by molar-refractivity contribution is 6.76. The minimum atomic E-state index is -1.02. The third-order valence-electron chi connectivity index (χ3n) is 13.2. The molecule has 4 saturated carbocycles. The lowest BCUT2D eigenvalue weighted by Crippen LogP contribution is -2.50. The first kappa shape index (κ1) is 67.4. The molecule has 0 aromatic rings. The van der Waals surface area contributed by atoms with Crippen LogP contribution in [0.2, 0.25) is 25.7 Å². The number of carboxylic acids is 1. The van der Waals surface area contributed by atoms with Crippen molar-refractivity contribution in [3.8, 4) is 0 Å². The minimum absolute atomic E-state index is 0. The van der Waals surface area contributed by atoms with Gasteiger partial charge < -0.3 is 50.1 Å². The lowest BCUT2D eigenvalue weighted by molar-refractivity contribution is -0.154. The van der Waals surface area contributed by atoms with Crippen molar-refractivity contribution in [1.82, 2.24) is 5.32 Å². The highest BCUT2D eigenvalue weighted by Gasteiger charge is 2.38. The molecule has 0 unspecified atom stereocenters. The average Bonchev–Trinajstić information content (AvgIpc) is 4.00. The van der Waals surface area contributed by atoms with Crippen LogP contribution in [0.4, 0.5) is 4.79 Å². The molecular formula is C51H102ClN3O11Si. The summed E-state index contributed by atoms with van der Waals surface area (Å²) in [4.78, 5) is 36.6. The van der Waals surface area contributed by atoms with Crippen molar-refractivity contribution >= 4 is 38.6 Å². The van der Waals surface area contributed by atoms with Crippen molar-refractivity contribution in [2.24, 2.45) is 22.1 Å². The first-order chi connectivity index (χ1) is 30.2. The number of aliphatic hydroxyl groups is 2. The number of rotatable bonds is 9. The molecule has 2 heterocycles. The number of ether oxygens (including phenoxy) is 5. The summed E-state index contributed by atoms with van der Waals surface area (Å²) in [6.07, 6.45) is 20.6. The largest absolute Gasteiger partial charge is 0.481 e. The smallest absolute Gasteiger partial charge is 0.408 e. The zero-order valence-electron chi connectivity index (χ0n) is 43.4. The summed E-state index contributed by atoms with van der Waals surface area (Å²) < 4.78 is 26.3. The predicted octanol–water partition coefficient (Wildman–Crippen LogP) is 11.1. The van der Waals surface area contributed by atoms with Crippen LogP contribution < -0.4 is 11.1 Å². The number of alkyl carbamates (subject to hydrolysis) is 1. The third kappa shape index (κ3) is 34.3. The second-order valence-corrected chi connectivity index (χ2v) is 28.5. The van der Waals surface area contributed by atoms with E-state index in [2.05, 4.69) is 43.8 Å². The van der Waals surface area contributed by atoms with Crippen LogP contribution in [0.1, 0.15) is 191 Å². The number of halogens is 1.